The number of thioether (sulfide) groups is 1. The summed E-state index contributed by atoms with van der Waals surface area (Å²) in [6, 6.07) is 15.2. The summed E-state index contributed by atoms with van der Waals surface area (Å²) in [5.74, 6) is 7.72. The standard InChI is InChI=1S/C18H14O2S/c1-19-17-7-3-15(4-8-17)11-13-21-14-12-16-5-9-18(20-2)10-6-16/h3-10H,1-2H3. The molecule has 2 nitrogen and oxygen atoms in total. The Morgan fingerprint density at radius 1 is 0.667 bits per heavy atom. The van der Waals surface area contributed by atoms with E-state index in [1.54, 1.807) is 14.2 Å². The Morgan fingerprint density at radius 3 is 1.38 bits per heavy atom. The van der Waals surface area contributed by atoms with Gasteiger partial charge in [0.05, 0.1) is 14.2 Å². The molecule has 0 spiro atoms. The summed E-state index contributed by atoms with van der Waals surface area (Å²) in [5.41, 5.74) is 1.88. The van der Waals surface area contributed by atoms with Gasteiger partial charge in [0.1, 0.15) is 11.5 Å². The van der Waals surface area contributed by atoms with E-state index >= 15 is 0 Å². The summed E-state index contributed by atoms with van der Waals surface area (Å²) < 4.78 is 10.2. The zero-order chi connectivity index (χ0) is 14.9. The van der Waals surface area contributed by atoms with Crippen LogP contribution < -0.4 is 9.47 Å². The molecule has 0 aromatic heterocycles. The van der Waals surface area contributed by atoms with Gasteiger partial charge in [0, 0.05) is 22.9 Å². The first kappa shape index (κ1) is 14.9. The molecule has 0 saturated heterocycles. The topological polar surface area (TPSA) is 18.5 Å². The maximum atomic E-state index is 5.09. The fourth-order valence-electron chi connectivity index (χ4n) is 1.54. The van der Waals surface area contributed by atoms with Crippen molar-refractivity contribution in [3.8, 4) is 33.8 Å². The molecule has 104 valence electrons. The molecule has 0 saturated carbocycles. The minimum atomic E-state index is 0.826. The molecule has 21 heavy (non-hydrogen) atoms. The number of benzene rings is 2. The maximum absolute atomic E-state index is 5.09. The number of methoxy groups -OCH3 is 2. The molecule has 0 heterocycles. The predicted molar refractivity (Wildman–Crippen MR) is 87.3 cm³/mol. The third kappa shape index (κ3) is 4.84. The lowest BCUT2D eigenvalue weighted by Gasteiger charge is -1.97. The van der Waals surface area contributed by atoms with Crippen LogP contribution in [0.25, 0.3) is 0 Å². The summed E-state index contributed by atoms with van der Waals surface area (Å²) in [4.78, 5) is 0. The van der Waals surface area contributed by atoms with Gasteiger partial charge in [-0.15, -0.1) is 0 Å². The van der Waals surface area contributed by atoms with Crippen molar-refractivity contribution in [3.05, 3.63) is 59.7 Å². The lowest BCUT2D eigenvalue weighted by atomic mass is 10.2. The molecule has 0 unspecified atom stereocenters. The monoisotopic (exact) mass is 294 g/mol. The van der Waals surface area contributed by atoms with Crippen LogP contribution in [0.2, 0.25) is 0 Å². The molecular formula is C18H14O2S. The second-order valence-electron chi connectivity index (χ2n) is 4.01. The first-order chi connectivity index (χ1) is 10.3. The molecule has 0 bridgehead atoms. The van der Waals surface area contributed by atoms with Crippen LogP contribution in [0.5, 0.6) is 11.5 Å². The fraction of sp³-hybridized carbons (Fsp3) is 0.111. The largest absolute Gasteiger partial charge is 0.497 e. The highest BCUT2D eigenvalue weighted by atomic mass is 32.2. The molecule has 0 fully saturated rings. The van der Waals surface area contributed by atoms with Crippen molar-refractivity contribution in [3.63, 3.8) is 0 Å². The Bertz CT molecular complexity index is 632. The number of ether oxygens (including phenoxy) is 2. The summed E-state index contributed by atoms with van der Waals surface area (Å²) in [6.45, 7) is 0. The van der Waals surface area contributed by atoms with Gasteiger partial charge in [-0.3, -0.25) is 0 Å². The maximum Gasteiger partial charge on any atom is 0.118 e. The number of hydrogen-bond acceptors (Lipinski definition) is 3. The van der Waals surface area contributed by atoms with E-state index in [0.29, 0.717) is 0 Å². The first-order valence-electron chi connectivity index (χ1n) is 6.28. The van der Waals surface area contributed by atoms with Gasteiger partial charge in [-0.25, -0.2) is 0 Å². The van der Waals surface area contributed by atoms with Crippen LogP contribution in [-0.2, 0) is 0 Å². The van der Waals surface area contributed by atoms with Gasteiger partial charge >= 0.3 is 0 Å². The third-order valence-electron chi connectivity index (χ3n) is 2.67. The van der Waals surface area contributed by atoms with Crippen LogP contribution in [-0.4, -0.2) is 14.2 Å². The van der Waals surface area contributed by atoms with E-state index in [2.05, 4.69) is 22.3 Å². The quantitative estimate of drug-likeness (QED) is 0.786. The van der Waals surface area contributed by atoms with Crippen molar-refractivity contribution in [2.45, 2.75) is 0 Å². The van der Waals surface area contributed by atoms with E-state index in [9.17, 15) is 0 Å². The highest BCUT2D eigenvalue weighted by Gasteiger charge is 1.90. The van der Waals surface area contributed by atoms with Gasteiger partial charge in [-0.1, -0.05) is 11.8 Å². The van der Waals surface area contributed by atoms with Crippen molar-refractivity contribution in [2.75, 3.05) is 14.2 Å². The average Bonchev–Trinajstić information content (AvgIpc) is 2.55. The molecule has 2 aromatic rings. The van der Waals surface area contributed by atoms with E-state index in [1.807, 2.05) is 48.5 Å². The Kier molecular flexibility index (Phi) is 5.64. The van der Waals surface area contributed by atoms with Crippen molar-refractivity contribution in [1.29, 1.82) is 0 Å². The molecule has 2 aromatic carbocycles. The second-order valence-corrected chi connectivity index (χ2v) is 4.63. The van der Waals surface area contributed by atoms with Gasteiger partial charge < -0.3 is 9.47 Å². The van der Waals surface area contributed by atoms with Crippen LogP contribution in [0, 0.1) is 22.3 Å². The molecule has 2 rings (SSSR count). The van der Waals surface area contributed by atoms with Crippen LogP contribution in [0.1, 0.15) is 11.1 Å². The Morgan fingerprint density at radius 2 is 1.05 bits per heavy atom. The van der Waals surface area contributed by atoms with Crippen LogP contribution >= 0.6 is 11.8 Å². The molecular weight excluding hydrogens is 280 g/mol. The highest BCUT2D eigenvalue weighted by molar-refractivity contribution is 8.08. The minimum absolute atomic E-state index is 0.826. The molecule has 0 atom stereocenters. The normalized spacial score (nSPS) is 8.86. The zero-order valence-corrected chi connectivity index (χ0v) is 12.7. The SMILES string of the molecule is COc1ccc(C#CSC#Cc2ccc(OC)cc2)cc1. The molecule has 3 heteroatoms. The van der Waals surface area contributed by atoms with Crippen LogP contribution in [0.3, 0.4) is 0 Å². The van der Waals surface area contributed by atoms with Gasteiger partial charge in [0.15, 0.2) is 0 Å². The average molecular weight is 294 g/mol. The summed E-state index contributed by atoms with van der Waals surface area (Å²) >= 11 is 1.28. The molecule has 0 amide bonds. The Balaban J connectivity index is 1.92. The minimum Gasteiger partial charge on any atom is -0.497 e. The van der Waals surface area contributed by atoms with E-state index in [-0.39, 0.29) is 0 Å². The first-order valence-corrected chi connectivity index (χ1v) is 7.09. The zero-order valence-electron chi connectivity index (χ0n) is 11.8. The fourth-order valence-corrected chi connectivity index (χ4v) is 1.93. The van der Waals surface area contributed by atoms with Gasteiger partial charge in [0.25, 0.3) is 0 Å². The lowest BCUT2D eigenvalue weighted by Crippen LogP contribution is -1.81. The van der Waals surface area contributed by atoms with Crippen molar-refractivity contribution >= 4 is 11.8 Å². The van der Waals surface area contributed by atoms with Crippen LogP contribution in [0.15, 0.2) is 48.5 Å². The molecule has 0 aliphatic carbocycles. The van der Waals surface area contributed by atoms with Crippen molar-refractivity contribution in [1.82, 2.24) is 0 Å². The van der Waals surface area contributed by atoms with Crippen LogP contribution in [0.4, 0.5) is 0 Å². The summed E-state index contributed by atoms with van der Waals surface area (Å²) in [7, 11) is 3.29. The summed E-state index contributed by atoms with van der Waals surface area (Å²) in [6.07, 6.45) is 0. The molecule has 0 radical (unpaired) electrons. The highest BCUT2D eigenvalue weighted by Crippen LogP contribution is 2.11. The number of rotatable bonds is 2. The Labute approximate surface area is 129 Å². The van der Waals surface area contributed by atoms with Crippen molar-refractivity contribution < 1.29 is 9.47 Å². The van der Waals surface area contributed by atoms with E-state index in [4.69, 9.17) is 9.47 Å². The third-order valence-corrected chi connectivity index (χ3v) is 3.08. The molecule has 0 N–H and O–H groups in total. The Hall–Kier alpha value is -2.49. The van der Waals surface area contributed by atoms with Crippen molar-refractivity contribution in [2.24, 2.45) is 0 Å². The van der Waals surface area contributed by atoms with E-state index < -0.39 is 0 Å². The van der Waals surface area contributed by atoms with Gasteiger partial charge in [-0.2, -0.15) is 0 Å². The lowest BCUT2D eigenvalue weighted by molar-refractivity contribution is 0.414. The predicted octanol–water partition coefficient (Wildman–Crippen LogP) is 3.76. The number of hydrogen-bond donors (Lipinski definition) is 0. The van der Waals surface area contributed by atoms with E-state index in [1.165, 1.54) is 11.8 Å². The van der Waals surface area contributed by atoms with Gasteiger partial charge in [0.2, 0.25) is 0 Å². The summed E-state index contributed by atoms with van der Waals surface area (Å²) in [5, 5.41) is 5.92. The smallest absolute Gasteiger partial charge is 0.118 e. The van der Waals surface area contributed by atoms with E-state index in [0.717, 1.165) is 22.6 Å². The molecule has 0 aliphatic rings. The van der Waals surface area contributed by atoms with Gasteiger partial charge in [-0.05, 0) is 59.0 Å². The molecule has 0 aliphatic heterocycles. The second kappa shape index (κ2) is 7.94.